The van der Waals surface area contributed by atoms with Crippen molar-refractivity contribution in [3.05, 3.63) is 46.9 Å². The first kappa shape index (κ1) is 15.2. The van der Waals surface area contributed by atoms with Crippen molar-refractivity contribution < 1.29 is 4.63 Å². The van der Waals surface area contributed by atoms with E-state index in [-0.39, 0.29) is 12.0 Å². The van der Waals surface area contributed by atoms with Crippen molar-refractivity contribution in [2.45, 2.75) is 24.8 Å². The monoisotopic (exact) mass is 347 g/mol. The average Bonchev–Trinajstić information content (AvgIpc) is 3.36. The number of benzene rings is 1. The zero-order chi connectivity index (χ0) is 17.5. The predicted octanol–water partition coefficient (Wildman–Crippen LogP) is 2.45. The van der Waals surface area contributed by atoms with Crippen LogP contribution in [-0.2, 0) is 0 Å². The molecule has 1 fully saturated rings. The van der Waals surface area contributed by atoms with Gasteiger partial charge in [-0.2, -0.15) is 5.10 Å². The van der Waals surface area contributed by atoms with Crippen LogP contribution < -0.4 is 5.32 Å². The molecule has 2 unspecified atom stereocenters. The van der Waals surface area contributed by atoms with Gasteiger partial charge in [0.05, 0.1) is 12.1 Å². The number of piperidine rings is 1. The number of aromatic nitrogens is 4. The van der Waals surface area contributed by atoms with Crippen LogP contribution in [0.2, 0.25) is 0 Å². The van der Waals surface area contributed by atoms with Crippen molar-refractivity contribution in [2.24, 2.45) is 10.9 Å². The molecule has 5 rings (SSSR count). The molecule has 0 spiro atoms. The second-order valence-electron chi connectivity index (χ2n) is 6.77. The first-order valence-corrected chi connectivity index (χ1v) is 8.77. The van der Waals surface area contributed by atoms with Gasteiger partial charge in [-0.15, -0.1) is 0 Å². The van der Waals surface area contributed by atoms with E-state index in [1.807, 2.05) is 18.2 Å². The molecule has 26 heavy (non-hydrogen) atoms. The van der Waals surface area contributed by atoms with E-state index in [2.05, 4.69) is 30.7 Å². The standard InChI is InChI=1S/C18H17N7O/c1-19-17-14(11-3-2-4-13-16(11)25-26-24-13)12-9-21-23-18(12)22-15(17)10-5-7-20-8-6-10/h2-4,9-10,14,17,20H,5-8H2,(H,21,23). The summed E-state index contributed by atoms with van der Waals surface area (Å²) in [6.07, 6.45) is 3.76. The topological polar surface area (TPSA) is 96.3 Å². The van der Waals surface area contributed by atoms with Crippen molar-refractivity contribution in [2.75, 3.05) is 13.1 Å². The summed E-state index contributed by atoms with van der Waals surface area (Å²) < 4.78 is 4.94. The van der Waals surface area contributed by atoms with E-state index in [0.29, 0.717) is 17.0 Å². The van der Waals surface area contributed by atoms with E-state index in [0.717, 1.165) is 48.6 Å². The number of nitrogens with one attached hydrogen (secondary N) is 2. The van der Waals surface area contributed by atoms with Gasteiger partial charge in [0.2, 0.25) is 0 Å². The minimum absolute atomic E-state index is 0.181. The van der Waals surface area contributed by atoms with Gasteiger partial charge in [0.15, 0.2) is 5.82 Å². The van der Waals surface area contributed by atoms with Gasteiger partial charge >= 0.3 is 0 Å². The third-order valence-corrected chi connectivity index (χ3v) is 5.39. The van der Waals surface area contributed by atoms with Crippen LogP contribution in [0.5, 0.6) is 0 Å². The molecular formula is C18H17N7O. The van der Waals surface area contributed by atoms with Gasteiger partial charge in [-0.3, -0.25) is 5.10 Å². The van der Waals surface area contributed by atoms with Gasteiger partial charge in [-0.05, 0) is 47.9 Å². The maximum Gasteiger partial charge on any atom is 0.272 e. The molecule has 1 saturated heterocycles. The van der Waals surface area contributed by atoms with Crippen molar-refractivity contribution in [1.29, 1.82) is 0 Å². The molecule has 2 atom stereocenters. The molecule has 2 aliphatic heterocycles. The van der Waals surface area contributed by atoms with Crippen LogP contribution >= 0.6 is 0 Å². The molecule has 0 bridgehead atoms. The molecule has 0 radical (unpaired) electrons. The zero-order valence-corrected chi connectivity index (χ0v) is 14.0. The van der Waals surface area contributed by atoms with Gasteiger partial charge in [-0.1, -0.05) is 12.1 Å². The highest BCUT2D eigenvalue weighted by Gasteiger charge is 2.44. The van der Waals surface area contributed by atoms with Crippen LogP contribution in [0.3, 0.4) is 0 Å². The van der Waals surface area contributed by atoms with Crippen LogP contribution in [0.4, 0.5) is 5.82 Å². The number of H-pyrrole nitrogens is 1. The minimum atomic E-state index is -0.370. The molecule has 8 heteroatoms. The van der Waals surface area contributed by atoms with Gasteiger partial charge in [0.1, 0.15) is 16.7 Å². The Morgan fingerprint density at radius 3 is 2.88 bits per heavy atom. The molecule has 0 amide bonds. The third-order valence-electron chi connectivity index (χ3n) is 5.39. The Balaban J connectivity index is 1.68. The normalized spacial score (nSPS) is 23.4. The smallest absolute Gasteiger partial charge is 0.272 e. The Morgan fingerprint density at radius 2 is 2.04 bits per heavy atom. The molecule has 0 saturated carbocycles. The quantitative estimate of drug-likeness (QED) is 0.694. The SMILES string of the molecule is [C-]#[N+]C1C(C2CCNCC2)=Nc2[nH]ncc2C1c1cccc2nonc12. The summed E-state index contributed by atoms with van der Waals surface area (Å²) in [6, 6.07) is 5.42. The van der Waals surface area contributed by atoms with Gasteiger partial charge in [-0.25, -0.2) is 16.2 Å². The maximum absolute atomic E-state index is 7.93. The summed E-state index contributed by atoms with van der Waals surface area (Å²) in [5.74, 6) is 0.875. The lowest BCUT2D eigenvalue weighted by atomic mass is 9.76. The number of aliphatic imine (C=N–C) groups is 1. The number of rotatable bonds is 2. The van der Waals surface area contributed by atoms with Gasteiger partial charge < -0.3 is 10.2 Å². The minimum Gasteiger partial charge on any atom is -0.317 e. The van der Waals surface area contributed by atoms with Gasteiger partial charge in [0, 0.05) is 11.5 Å². The number of hydrogen-bond donors (Lipinski definition) is 2. The van der Waals surface area contributed by atoms with E-state index in [1.165, 1.54) is 0 Å². The van der Waals surface area contributed by atoms with Crippen molar-refractivity contribution in [1.82, 2.24) is 25.8 Å². The second-order valence-corrected chi connectivity index (χ2v) is 6.77. The molecule has 2 N–H and O–H groups in total. The summed E-state index contributed by atoms with van der Waals surface area (Å²) in [5.41, 5.74) is 4.22. The predicted molar refractivity (Wildman–Crippen MR) is 95.3 cm³/mol. The van der Waals surface area contributed by atoms with Crippen LogP contribution in [0.15, 0.2) is 34.0 Å². The van der Waals surface area contributed by atoms with Crippen LogP contribution in [0.1, 0.15) is 29.9 Å². The number of aromatic amines is 1. The molecule has 1 aromatic carbocycles. The van der Waals surface area contributed by atoms with Crippen molar-refractivity contribution >= 4 is 22.6 Å². The molecule has 3 aromatic rings. The van der Waals surface area contributed by atoms with E-state index in [1.54, 1.807) is 6.20 Å². The molecule has 130 valence electrons. The molecule has 2 aromatic heterocycles. The molecule has 2 aliphatic rings. The molecule has 0 aliphatic carbocycles. The van der Waals surface area contributed by atoms with Crippen LogP contribution in [0.25, 0.3) is 15.9 Å². The molecule has 4 heterocycles. The summed E-state index contributed by atoms with van der Waals surface area (Å²) >= 11 is 0. The summed E-state index contributed by atoms with van der Waals surface area (Å²) in [4.78, 5) is 8.83. The Labute approximate surface area is 149 Å². The highest BCUT2D eigenvalue weighted by atomic mass is 16.6. The molecule has 8 nitrogen and oxygen atoms in total. The fraction of sp³-hybridized carbons (Fsp3) is 0.389. The Bertz CT molecular complexity index is 1020. The van der Waals surface area contributed by atoms with E-state index in [4.69, 9.17) is 16.2 Å². The van der Waals surface area contributed by atoms with E-state index < -0.39 is 0 Å². The van der Waals surface area contributed by atoms with E-state index >= 15 is 0 Å². The number of hydrogen-bond acceptors (Lipinski definition) is 6. The van der Waals surface area contributed by atoms with Crippen LogP contribution in [0, 0.1) is 12.5 Å². The lowest BCUT2D eigenvalue weighted by Crippen LogP contribution is -2.39. The fourth-order valence-corrected chi connectivity index (χ4v) is 4.15. The largest absolute Gasteiger partial charge is 0.317 e. The summed E-state index contributed by atoms with van der Waals surface area (Å²) in [5, 5.41) is 18.6. The highest BCUT2D eigenvalue weighted by Crippen LogP contribution is 2.43. The van der Waals surface area contributed by atoms with Crippen molar-refractivity contribution in [3.8, 4) is 0 Å². The summed E-state index contributed by atoms with van der Waals surface area (Å²) in [6.45, 7) is 9.84. The first-order valence-electron chi connectivity index (χ1n) is 8.77. The van der Waals surface area contributed by atoms with Crippen molar-refractivity contribution in [3.63, 3.8) is 0 Å². The lowest BCUT2D eigenvalue weighted by Gasteiger charge is -2.30. The lowest BCUT2D eigenvalue weighted by molar-refractivity contribution is 0.315. The Kier molecular flexibility index (Phi) is 3.53. The number of fused-ring (bicyclic) bond motifs is 2. The fourth-order valence-electron chi connectivity index (χ4n) is 4.15. The maximum atomic E-state index is 7.93. The number of nitrogens with zero attached hydrogens (tertiary/aromatic N) is 5. The average molecular weight is 347 g/mol. The molecular weight excluding hydrogens is 330 g/mol. The zero-order valence-electron chi connectivity index (χ0n) is 14.0. The second kappa shape index (κ2) is 6.04. The van der Waals surface area contributed by atoms with Crippen LogP contribution in [-0.4, -0.2) is 45.4 Å². The van der Waals surface area contributed by atoms with E-state index in [9.17, 15) is 0 Å². The first-order chi connectivity index (χ1) is 12.9. The highest BCUT2D eigenvalue weighted by molar-refractivity contribution is 5.99. The summed E-state index contributed by atoms with van der Waals surface area (Å²) in [7, 11) is 0. The van der Waals surface area contributed by atoms with Gasteiger partial charge in [0.25, 0.3) is 6.04 Å². The Morgan fingerprint density at radius 1 is 1.15 bits per heavy atom. The third kappa shape index (κ3) is 2.24. The Hall–Kier alpha value is -3.05.